The number of alkyl halides is 2. The number of carbonyl (C=O) groups excluding carboxylic acids is 4. The lowest BCUT2D eigenvalue weighted by molar-refractivity contribution is -0.135. The van der Waals surface area contributed by atoms with Gasteiger partial charge in [-0.25, -0.2) is 23.9 Å². The first-order valence-corrected chi connectivity index (χ1v) is 10.8. The van der Waals surface area contributed by atoms with E-state index in [1.807, 2.05) is 5.32 Å². The van der Waals surface area contributed by atoms with Gasteiger partial charge < -0.3 is 27.0 Å². The van der Waals surface area contributed by atoms with E-state index < -0.39 is 41.9 Å². The zero-order chi connectivity index (χ0) is 28.3. The number of rotatable bonds is 7. The van der Waals surface area contributed by atoms with Crippen LogP contribution in [0.1, 0.15) is 28.4 Å². The second-order valence-electron chi connectivity index (χ2n) is 7.81. The van der Waals surface area contributed by atoms with Crippen LogP contribution in [0.4, 0.5) is 24.1 Å². The third-order valence-corrected chi connectivity index (χ3v) is 5.09. The van der Waals surface area contributed by atoms with Gasteiger partial charge in [0.05, 0.1) is 0 Å². The van der Waals surface area contributed by atoms with E-state index >= 15 is 0 Å². The molecule has 2 atom stereocenters. The fraction of sp³-hybridized carbons (Fsp3) is 0.200. The summed E-state index contributed by atoms with van der Waals surface area (Å²) in [6.07, 6.45) is -3.30. The van der Waals surface area contributed by atoms with Crippen LogP contribution in [-0.2, 0) is 4.79 Å². The number of hydrogen-bond donors (Lipinski definition) is 7. The van der Waals surface area contributed by atoms with Gasteiger partial charge in [-0.1, -0.05) is 11.8 Å². The molecule has 2 rings (SSSR count). The van der Waals surface area contributed by atoms with E-state index in [2.05, 4.69) is 39.6 Å². The predicted octanol–water partition coefficient (Wildman–Crippen LogP) is 1.14. The summed E-state index contributed by atoms with van der Waals surface area (Å²) >= 11 is 0. The highest BCUT2D eigenvalue weighted by atomic mass is 19.3. The molecule has 0 aliphatic carbocycles. The molecule has 0 fully saturated rings. The molecule has 0 aliphatic heterocycles. The van der Waals surface area contributed by atoms with Crippen molar-refractivity contribution in [3.05, 3.63) is 65.2 Å². The number of halogens is 2. The monoisotopic (exact) mass is 526 g/mol. The van der Waals surface area contributed by atoms with Crippen LogP contribution >= 0.6 is 0 Å². The van der Waals surface area contributed by atoms with Crippen molar-refractivity contribution < 1.29 is 33.2 Å². The summed E-state index contributed by atoms with van der Waals surface area (Å²) in [4.78, 5) is 47.3. The molecular weight excluding hydrogens is 502 g/mol. The summed E-state index contributed by atoms with van der Waals surface area (Å²) in [7, 11) is 1.18. The minimum absolute atomic E-state index is 0.00130. The minimum Gasteiger partial charge on any atom is -0.351 e. The highest BCUT2D eigenvalue weighted by Gasteiger charge is 2.48. The zero-order valence-electron chi connectivity index (χ0n) is 20.2. The molecule has 0 bridgehead atoms. The van der Waals surface area contributed by atoms with Gasteiger partial charge in [-0.2, -0.15) is 0 Å². The third kappa shape index (κ3) is 7.94. The van der Waals surface area contributed by atoms with Crippen LogP contribution in [0, 0.1) is 23.7 Å². The Hall–Kier alpha value is -5.14. The Morgan fingerprint density at radius 1 is 0.947 bits per heavy atom. The molecule has 38 heavy (non-hydrogen) atoms. The first-order chi connectivity index (χ1) is 18.0. The summed E-state index contributed by atoms with van der Waals surface area (Å²) in [6, 6.07) is 8.48. The molecular formula is C25H24F2N6O5. The number of primary amides is 1. The summed E-state index contributed by atoms with van der Waals surface area (Å²) in [5.41, 5.74) is 5.35. The van der Waals surface area contributed by atoms with Crippen LogP contribution in [0.25, 0.3) is 0 Å². The lowest BCUT2D eigenvalue weighted by Gasteiger charge is -2.36. The third-order valence-electron chi connectivity index (χ3n) is 5.09. The van der Waals surface area contributed by atoms with E-state index in [4.69, 9.17) is 10.9 Å². The average molecular weight is 527 g/mol. The summed E-state index contributed by atoms with van der Waals surface area (Å²) < 4.78 is 27.7. The van der Waals surface area contributed by atoms with Crippen molar-refractivity contribution in [3.8, 4) is 23.7 Å². The Kier molecular flexibility index (Phi) is 10.1. The van der Waals surface area contributed by atoms with Crippen molar-refractivity contribution in [1.29, 1.82) is 0 Å². The van der Waals surface area contributed by atoms with E-state index in [1.54, 1.807) is 24.3 Å². The lowest BCUT2D eigenvalue weighted by atomic mass is 9.91. The number of amides is 6. The summed E-state index contributed by atoms with van der Waals surface area (Å²) in [5.74, 6) is 8.61. The molecule has 0 saturated carbocycles. The van der Waals surface area contributed by atoms with Crippen LogP contribution < -0.4 is 32.5 Å². The largest absolute Gasteiger partial charge is 0.351 e. The summed E-state index contributed by atoms with van der Waals surface area (Å²) in [6.45, 7) is 0.846. The molecule has 0 spiro atoms. The molecule has 2 aromatic rings. The first kappa shape index (κ1) is 29.1. The Balaban J connectivity index is 2.14. The molecule has 2 aromatic carbocycles. The second kappa shape index (κ2) is 13.2. The highest BCUT2D eigenvalue weighted by Crippen LogP contribution is 2.21. The van der Waals surface area contributed by atoms with Gasteiger partial charge in [0.1, 0.15) is 11.6 Å². The van der Waals surface area contributed by atoms with Crippen molar-refractivity contribution in [1.82, 2.24) is 21.4 Å². The fourth-order valence-electron chi connectivity index (χ4n) is 3.02. The zero-order valence-corrected chi connectivity index (χ0v) is 20.2. The first-order valence-electron chi connectivity index (χ1n) is 10.8. The molecule has 0 heterocycles. The van der Waals surface area contributed by atoms with Gasteiger partial charge in [-0.15, -0.1) is 0 Å². The smallest absolute Gasteiger partial charge is 0.316 e. The lowest BCUT2D eigenvalue weighted by Crippen LogP contribution is -2.69. The molecule has 11 nitrogen and oxygen atoms in total. The van der Waals surface area contributed by atoms with Crippen molar-refractivity contribution >= 4 is 29.6 Å². The minimum atomic E-state index is -3.30. The second-order valence-corrected chi connectivity index (χ2v) is 7.81. The van der Waals surface area contributed by atoms with Gasteiger partial charge in [-0.05, 0) is 67.3 Å². The number of hydrogen-bond acceptors (Lipinski definition) is 5. The number of urea groups is 2. The number of benzene rings is 2. The van der Waals surface area contributed by atoms with Gasteiger partial charge in [-0.3, -0.25) is 14.8 Å². The molecule has 0 radical (unpaired) electrons. The highest BCUT2D eigenvalue weighted by molar-refractivity contribution is 5.98. The van der Waals surface area contributed by atoms with Gasteiger partial charge in [0.15, 0.2) is 0 Å². The van der Waals surface area contributed by atoms with Crippen molar-refractivity contribution in [2.45, 2.75) is 24.9 Å². The topological polar surface area (TPSA) is 175 Å². The normalized spacial score (nSPS) is 12.3. The van der Waals surface area contributed by atoms with E-state index in [1.165, 1.54) is 36.8 Å². The van der Waals surface area contributed by atoms with Gasteiger partial charge in [0, 0.05) is 29.4 Å². The Labute approximate surface area is 216 Å². The standard InChI is InChI=1S/C25H24F2N6O5/c1-25(22(26)27,32-24(37)29-2)19(21(35)33-38)31-20(34)17-11-7-15(8-12-17)5-3-4-6-16-9-13-18(14-10-16)30-23(28)36/h7-14,19,22,38H,1-2H3,(H,31,34)(H,33,35)(H3,28,30,36)(H2,29,32,37)/t19-,25?/m1/s1. The van der Waals surface area contributed by atoms with Crippen LogP contribution in [0.2, 0.25) is 0 Å². The van der Waals surface area contributed by atoms with E-state index in [0.717, 1.165) is 6.92 Å². The number of hydroxylamine groups is 1. The van der Waals surface area contributed by atoms with E-state index in [-0.39, 0.29) is 5.56 Å². The van der Waals surface area contributed by atoms with Crippen molar-refractivity contribution in [2.24, 2.45) is 5.73 Å². The van der Waals surface area contributed by atoms with Gasteiger partial charge in [0.2, 0.25) is 0 Å². The number of anilines is 1. The van der Waals surface area contributed by atoms with Crippen LogP contribution in [0.15, 0.2) is 48.5 Å². The predicted molar refractivity (Wildman–Crippen MR) is 133 cm³/mol. The Morgan fingerprint density at radius 3 is 1.92 bits per heavy atom. The SMILES string of the molecule is CNC(=O)NC(C)(C(F)F)[C@H](NC(=O)c1ccc(C#CC#Cc2ccc(NC(N)=O)cc2)cc1)C(=O)NO. The molecule has 6 amide bonds. The molecule has 1 unspecified atom stereocenters. The maximum Gasteiger partial charge on any atom is 0.316 e. The summed E-state index contributed by atoms with van der Waals surface area (Å²) in [5, 5.41) is 17.6. The average Bonchev–Trinajstić information content (AvgIpc) is 2.89. The number of nitrogens with two attached hydrogens (primary N) is 1. The maximum atomic E-state index is 13.9. The molecule has 0 saturated heterocycles. The fourth-order valence-corrected chi connectivity index (χ4v) is 3.02. The van der Waals surface area contributed by atoms with Gasteiger partial charge >= 0.3 is 12.1 Å². The number of nitrogens with one attached hydrogen (secondary N) is 5. The molecule has 198 valence electrons. The van der Waals surface area contributed by atoms with Crippen LogP contribution in [0.3, 0.4) is 0 Å². The molecule has 8 N–H and O–H groups in total. The van der Waals surface area contributed by atoms with Gasteiger partial charge in [0.25, 0.3) is 18.2 Å². The molecule has 0 aromatic heterocycles. The van der Waals surface area contributed by atoms with Crippen molar-refractivity contribution in [3.63, 3.8) is 0 Å². The van der Waals surface area contributed by atoms with Crippen LogP contribution in [0.5, 0.6) is 0 Å². The van der Waals surface area contributed by atoms with Crippen molar-refractivity contribution in [2.75, 3.05) is 12.4 Å². The maximum absolute atomic E-state index is 13.9. The quantitative estimate of drug-likeness (QED) is 0.162. The number of carbonyl (C=O) groups is 4. The van der Waals surface area contributed by atoms with Crippen LogP contribution in [-0.4, -0.2) is 54.1 Å². The Morgan fingerprint density at radius 2 is 1.47 bits per heavy atom. The Bertz CT molecular complexity index is 1310. The van der Waals surface area contributed by atoms with E-state index in [9.17, 15) is 28.0 Å². The molecule has 13 heteroatoms. The molecule has 0 aliphatic rings. The van der Waals surface area contributed by atoms with E-state index in [0.29, 0.717) is 16.8 Å².